The van der Waals surface area contributed by atoms with Gasteiger partial charge in [-0.05, 0) is 41.3 Å². The fourth-order valence-corrected chi connectivity index (χ4v) is 3.87. The van der Waals surface area contributed by atoms with Crippen molar-refractivity contribution in [3.05, 3.63) is 82.9 Å². The highest BCUT2D eigenvalue weighted by atomic mass is 35.5. The number of amides is 1. The van der Waals surface area contributed by atoms with Gasteiger partial charge >= 0.3 is 6.18 Å². The van der Waals surface area contributed by atoms with Gasteiger partial charge in [0.25, 0.3) is 0 Å². The molecule has 0 spiro atoms. The van der Waals surface area contributed by atoms with E-state index in [0.717, 1.165) is 34.8 Å². The first-order valence-electron chi connectivity index (χ1n) is 10.7. The van der Waals surface area contributed by atoms with Crippen LogP contribution in [0.5, 0.6) is 0 Å². The summed E-state index contributed by atoms with van der Waals surface area (Å²) in [5, 5.41) is 2.54. The van der Waals surface area contributed by atoms with Crippen molar-refractivity contribution < 1.29 is 18.0 Å². The van der Waals surface area contributed by atoms with E-state index in [1.807, 2.05) is 48.5 Å². The van der Waals surface area contributed by atoms with Gasteiger partial charge in [-0.3, -0.25) is 4.79 Å². The number of aromatic nitrogens is 2. The molecular weight excluding hydrogens is 463 g/mol. The third-order valence-electron chi connectivity index (χ3n) is 5.53. The number of nitrogens with zero attached hydrogens (tertiary/aromatic N) is 2. The Morgan fingerprint density at radius 3 is 2.26 bits per heavy atom. The smallest absolute Gasteiger partial charge is 0.323 e. The zero-order valence-corrected chi connectivity index (χ0v) is 19.6. The van der Waals surface area contributed by atoms with Gasteiger partial charge in [-0.1, -0.05) is 68.8 Å². The van der Waals surface area contributed by atoms with E-state index >= 15 is 0 Å². The molecule has 4 nitrogen and oxygen atoms in total. The highest BCUT2D eigenvalue weighted by Gasteiger charge is 2.31. The lowest BCUT2D eigenvalue weighted by molar-refractivity contribution is -0.137. The average molecular weight is 486 g/mol. The first-order chi connectivity index (χ1) is 15.9. The van der Waals surface area contributed by atoms with Crippen LogP contribution >= 0.6 is 11.6 Å². The van der Waals surface area contributed by atoms with E-state index in [4.69, 9.17) is 16.6 Å². The topological polar surface area (TPSA) is 46.9 Å². The van der Waals surface area contributed by atoms with Crippen LogP contribution in [0.2, 0.25) is 5.02 Å². The van der Waals surface area contributed by atoms with E-state index in [2.05, 4.69) is 26.1 Å². The number of anilines is 1. The molecule has 0 saturated heterocycles. The van der Waals surface area contributed by atoms with Gasteiger partial charge < -0.3 is 9.88 Å². The normalized spacial score (nSPS) is 12.2. The third-order valence-corrected chi connectivity index (χ3v) is 5.86. The Morgan fingerprint density at radius 1 is 0.971 bits per heavy atom. The summed E-state index contributed by atoms with van der Waals surface area (Å²) in [5.74, 6) is 0.0730. The van der Waals surface area contributed by atoms with Crippen molar-refractivity contribution in [3.63, 3.8) is 0 Å². The van der Waals surface area contributed by atoms with E-state index in [9.17, 15) is 18.0 Å². The van der Waals surface area contributed by atoms with Gasteiger partial charge in [0.05, 0.1) is 27.3 Å². The van der Waals surface area contributed by atoms with E-state index < -0.39 is 17.6 Å². The molecule has 4 rings (SSSR count). The monoisotopic (exact) mass is 485 g/mol. The zero-order valence-electron chi connectivity index (χ0n) is 18.9. The molecule has 1 amide bonds. The van der Waals surface area contributed by atoms with Crippen LogP contribution in [0, 0.1) is 0 Å². The quantitative estimate of drug-likeness (QED) is 0.329. The van der Waals surface area contributed by atoms with Crippen LogP contribution in [0.1, 0.15) is 31.9 Å². The Kier molecular flexibility index (Phi) is 6.16. The predicted octanol–water partition coefficient (Wildman–Crippen LogP) is 7.31. The SMILES string of the molecule is CC(C)(C)c1ccc(-c2nc3ccccc3n2CC(=O)Nc2cc(C(F)(F)F)ccc2Cl)cc1. The number of hydrogen-bond donors (Lipinski definition) is 1. The van der Waals surface area contributed by atoms with Gasteiger partial charge in [0.2, 0.25) is 5.91 Å². The van der Waals surface area contributed by atoms with Crippen molar-refractivity contribution in [3.8, 4) is 11.4 Å². The van der Waals surface area contributed by atoms with Crippen LogP contribution in [0.3, 0.4) is 0 Å². The molecule has 0 atom stereocenters. The summed E-state index contributed by atoms with van der Waals surface area (Å²) < 4.78 is 41.0. The first kappa shape index (κ1) is 23.8. The second-order valence-corrected chi connectivity index (χ2v) is 9.49. The molecule has 0 fully saturated rings. The Bertz CT molecular complexity index is 1350. The Hall–Kier alpha value is -3.32. The van der Waals surface area contributed by atoms with Gasteiger partial charge in [0.15, 0.2) is 0 Å². The van der Waals surface area contributed by atoms with Gasteiger partial charge in [-0.15, -0.1) is 0 Å². The van der Waals surface area contributed by atoms with Crippen LogP contribution in [-0.2, 0) is 22.9 Å². The summed E-state index contributed by atoms with van der Waals surface area (Å²) in [6.45, 7) is 6.23. The Labute approximate surface area is 200 Å². The lowest BCUT2D eigenvalue weighted by atomic mass is 9.87. The number of nitrogens with one attached hydrogen (secondary N) is 1. The molecule has 0 aliphatic rings. The fourth-order valence-electron chi connectivity index (χ4n) is 3.71. The predicted molar refractivity (Wildman–Crippen MR) is 129 cm³/mol. The number of imidazole rings is 1. The maximum atomic E-state index is 13.1. The number of rotatable bonds is 4. The van der Waals surface area contributed by atoms with Crippen molar-refractivity contribution >= 4 is 34.2 Å². The van der Waals surface area contributed by atoms with Crippen molar-refractivity contribution in [1.82, 2.24) is 9.55 Å². The van der Waals surface area contributed by atoms with Crippen molar-refractivity contribution in [2.45, 2.75) is 38.9 Å². The lowest BCUT2D eigenvalue weighted by Crippen LogP contribution is -2.20. The summed E-state index contributed by atoms with van der Waals surface area (Å²) >= 11 is 6.04. The van der Waals surface area contributed by atoms with Crippen molar-refractivity contribution in [2.24, 2.45) is 0 Å². The fraction of sp³-hybridized carbons (Fsp3) is 0.231. The number of halogens is 4. The molecule has 1 N–H and O–H groups in total. The minimum atomic E-state index is -4.54. The van der Waals surface area contributed by atoms with Gasteiger partial charge in [-0.2, -0.15) is 13.2 Å². The maximum Gasteiger partial charge on any atom is 0.416 e. The molecule has 0 aliphatic heterocycles. The standard InChI is InChI=1S/C26H23ClF3N3O/c1-25(2,3)17-10-8-16(9-11-17)24-32-20-6-4-5-7-22(20)33(24)15-23(34)31-21-14-18(26(28,29)30)12-13-19(21)27/h4-14H,15H2,1-3H3,(H,31,34). The van der Waals surface area contributed by atoms with Gasteiger partial charge in [0.1, 0.15) is 12.4 Å². The Balaban J connectivity index is 1.68. The molecule has 0 aliphatic carbocycles. The molecule has 3 aromatic carbocycles. The summed E-state index contributed by atoms with van der Waals surface area (Å²) in [4.78, 5) is 17.6. The summed E-state index contributed by atoms with van der Waals surface area (Å²) in [6.07, 6.45) is -4.54. The molecule has 0 radical (unpaired) electrons. The number of alkyl halides is 3. The minimum absolute atomic E-state index is 0.0111. The first-order valence-corrected chi connectivity index (χ1v) is 11.0. The third kappa shape index (κ3) is 4.94. The molecule has 0 bridgehead atoms. The van der Waals surface area contributed by atoms with Crippen molar-refractivity contribution in [1.29, 1.82) is 0 Å². The van der Waals surface area contributed by atoms with E-state index in [1.165, 1.54) is 0 Å². The number of para-hydroxylation sites is 2. The Morgan fingerprint density at radius 2 is 1.62 bits per heavy atom. The second-order valence-electron chi connectivity index (χ2n) is 9.08. The van der Waals surface area contributed by atoms with Crippen LogP contribution in [0.4, 0.5) is 18.9 Å². The van der Waals surface area contributed by atoms with Gasteiger partial charge in [0, 0.05) is 5.56 Å². The number of benzene rings is 3. The van der Waals surface area contributed by atoms with E-state index in [-0.39, 0.29) is 22.7 Å². The molecule has 176 valence electrons. The van der Waals surface area contributed by atoms with E-state index in [0.29, 0.717) is 11.3 Å². The zero-order chi connectivity index (χ0) is 24.7. The number of hydrogen-bond acceptors (Lipinski definition) is 2. The summed E-state index contributed by atoms with van der Waals surface area (Å²) in [7, 11) is 0. The highest BCUT2D eigenvalue weighted by molar-refractivity contribution is 6.33. The molecule has 1 aromatic heterocycles. The molecule has 34 heavy (non-hydrogen) atoms. The molecule has 1 heterocycles. The molecule has 8 heteroatoms. The maximum absolute atomic E-state index is 13.1. The minimum Gasteiger partial charge on any atom is -0.323 e. The summed E-state index contributed by atoms with van der Waals surface area (Å²) in [6, 6.07) is 18.2. The largest absolute Gasteiger partial charge is 0.416 e. The summed E-state index contributed by atoms with van der Waals surface area (Å²) in [5.41, 5.74) is 2.44. The van der Waals surface area contributed by atoms with Crippen molar-refractivity contribution in [2.75, 3.05) is 5.32 Å². The lowest BCUT2D eigenvalue weighted by Gasteiger charge is -2.19. The molecular formula is C26H23ClF3N3O. The van der Waals surface area contributed by atoms with Gasteiger partial charge in [-0.25, -0.2) is 4.98 Å². The number of carbonyl (C=O) groups is 1. The molecule has 0 unspecified atom stereocenters. The molecule has 0 saturated carbocycles. The van der Waals surface area contributed by atoms with Crippen LogP contribution in [0.15, 0.2) is 66.7 Å². The van der Waals surface area contributed by atoms with Crippen LogP contribution < -0.4 is 5.32 Å². The molecule has 4 aromatic rings. The van der Waals surface area contributed by atoms with E-state index in [1.54, 1.807) is 4.57 Å². The van der Waals surface area contributed by atoms with Crippen LogP contribution in [-0.4, -0.2) is 15.5 Å². The number of fused-ring (bicyclic) bond motifs is 1. The number of carbonyl (C=O) groups excluding carboxylic acids is 1. The average Bonchev–Trinajstić information content (AvgIpc) is 3.12. The second kappa shape index (κ2) is 8.80. The van der Waals surface area contributed by atoms with Crippen LogP contribution in [0.25, 0.3) is 22.4 Å². The highest BCUT2D eigenvalue weighted by Crippen LogP contribution is 2.34.